The van der Waals surface area contributed by atoms with Gasteiger partial charge in [-0.05, 0) is 254 Å². The van der Waals surface area contributed by atoms with Crippen molar-refractivity contribution in [1.82, 2.24) is 0 Å². The Labute approximate surface area is 653 Å². The van der Waals surface area contributed by atoms with Crippen LogP contribution >= 0.6 is 0 Å². The molecule has 5 heteroatoms. The van der Waals surface area contributed by atoms with Crippen LogP contribution in [0.5, 0.6) is 0 Å². The van der Waals surface area contributed by atoms with Crippen LogP contribution in [0.4, 0.5) is 0 Å². The quantitative estimate of drug-likeness (QED) is 0.0639. The van der Waals surface area contributed by atoms with Gasteiger partial charge in [-0.1, -0.05) is 198 Å². The zero-order chi connectivity index (χ0) is 79.3. The lowest BCUT2D eigenvalue weighted by Crippen LogP contribution is -2.31. The van der Waals surface area contributed by atoms with Crippen LogP contribution in [-0.2, 0) is 79.2 Å². The van der Waals surface area contributed by atoms with Gasteiger partial charge in [-0.3, -0.25) is 0 Å². The molecule has 0 N–H and O–H groups in total. The first-order chi connectivity index (χ1) is 50.3. The monoisotopic (exact) mass is 1440 g/mol. The maximum Gasteiger partial charge on any atom is 0.212 e. The Morgan fingerprint density at radius 2 is 0.551 bits per heavy atom. The molecule has 10 rings (SSSR count). The van der Waals surface area contributed by atoms with E-state index < -0.39 is 0 Å². The highest BCUT2D eigenvalue weighted by molar-refractivity contribution is 5.67. The summed E-state index contributed by atoms with van der Waals surface area (Å²) in [6, 6.07) is 57.4. The second kappa shape index (κ2) is 40.9. The van der Waals surface area contributed by atoms with E-state index in [2.05, 4.69) is 414 Å². The lowest BCUT2D eigenvalue weighted by molar-refractivity contribution is -0.660. The van der Waals surface area contributed by atoms with Gasteiger partial charge in [0.1, 0.15) is 35.2 Å². The SMILES string of the molecule is CCC(CC)c1ccc(C)c(-c2cc(CC(C)C)cc[n+]2C)c1.Cc1ccc(-c2cc(CC(C)C)cc[n+]2C)c(C)c1.Cc1ccc(C(C)(C)C)cc1-c1cc(CC(C)C)cc[n+]1C.Cc1ccc(C(C)C)cc1-c1cc(CC(C)C)cc[n+]1C.Cc1ccc(CC(C)C)cc1-c1cc(CC(C)C)cc[n+]1C. The minimum absolute atomic E-state index is 0.177. The minimum atomic E-state index is 0.177. The summed E-state index contributed by atoms with van der Waals surface area (Å²) in [6.07, 6.45) is 20.2. The third-order valence-corrected chi connectivity index (χ3v) is 20.7. The van der Waals surface area contributed by atoms with Gasteiger partial charge in [-0.2, -0.15) is 0 Å². The summed E-state index contributed by atoms with van der Waals surface area (Å²) in [6.45, 7) is 56.4. The number of aryl methyl sites for hydroxylation is 11. The van der Waals surface area contributed by atoms with Crippen molar-refractivity contribution in [3.63, 3.8) is 0 Å². The van der Waals surface area contributed by atoms with E-state index in [1.54, 1.807) is 0 Å². The summed E-state index contributed by atoms with van der Waals surface area (Å²) in [5.74, 6) is 5.36. The molecule has 0 amide bonds. The van der Waals surface area contributed by atoms with Gasteiger partial charge in [0.15, 0.2) is 31.0 Å². The second-order valence-corrected chi connectivity index (χ2v) is 35.3. The Hall–Kier alpha value is -8.15. The first kappa shape index (κ1) is 87.8. The molecule has 5 nitrogen and oxygen atoms in total. The number of hydrogen-bond acceptors (Lipinski definition) is 0. The lowest BCUT2D eigenvalue weighted by atomic mass is 9.84. The molecule has 572 valence electrons. The van der Waals surface area contributed by atoms with Gasteiger partial charge in [-0.25, -0.2) is 22.8 Å². The van der Waals surface area contributed by atoms with Crippen LogP contribution in [-0.4, -0.2) is 0 Å². The van der Waals surface area contributed by atoms with Crippen LogP contribution in [0, 0.1) is 77.0 Å². The maximum absolute atomic E-state index is 2.42. The van der Waals surface area contributed by atoms with Gasteiger partial charge in [0.2, 0.25) is 28.5 Å². The van der Waals surface area contributed by atoms with E-state index in [0.717, 1.165) is 38.5 Å². The zero-order valence-corrected chi connectivity index (χ0v) is 72.8. The smallest absolute Gasteiger partial charge is 0.201 e. The maximum atomic E-state index is 2.42. The summed E-state index contributed by atoms with van der Waals surface area (Å²) in [4.78, 5) is 0. The molecule has 0 aliphatic carbocycles. The predicted molar refractivity (Wildman–Crippen MR) is 461 cm³/mol. The van der Waals surface area contributed by atoms with E-state index in [1.807, 2.05) is 0 Å². The van der Waals surface area contributed by atoms with Crippen molar-refractivity contribution in [1.29, 1.82) is 0 Å². The summed E-state index contributed by atoms with van der Waals surface area (Å²) in [5.41, 5.74) is 34.4. The van der Waals surface area contributed by atoms with Crippen LogP contribution in [0.1, 0.15) is 240 Å². The Morgan fingerprint density at radius 3 is 0.860 bits per heavy atom. The molecule has 5 heterocycles. The first-order valence-corrected chi connectivity index (χ1v) is 40.8. The fourth-order valence-electron chi connectivity index (χ4n) is 14.6. The molecule has 0 spiro atoms. The van der Waals surface area contributed by atoms with Gasteiger partial charge >= 0.3 is 0 Å². The highest BCUT2D eigenvalue weighted by Gasteiger charge is 2.23. The molecule has 0 unspecified atom stereocenters. The van der Waals surface area contributed by atoms with Crippen LogP contribution in [0.3, 0.4) is 0 Å². The van der Waals surface area contributed by atoms with Crippen molar-refractivity contribution in [3.05, 3.63) is 266 Å². The molecular formula is C102H144N5+5. The molecule has 0 saturated heterocycles. The minimum Gasteiger partial charge on any atom is -0.201 e. The predicted octanol–water partition coefficient (Wildman–Crippen LogP) is 24.3. The highest BCUT2D eigenvalue weighted by Crippen LogP contribution is 2.33. The van der Waals surface area contributed by atoms with Crippen LogP contribution in [0.2, 0.25) is 0 Å². The first-order valence-electron chi connectivity index (χ1n) is 40.8. The summed E-state index contributed by atoms with van der Waals surface area (Å²) >= 11 is 0. The van der Waals surface area contributed by atoms with E-state index in [4.69, 9.17) is 0 Å². The van der Waals surface area contributed by atoms with E-state index in [0.29, 0.717) is 47.3 Å². The van der Waals surface area contributed by atoms with E-state index in [1.165, 1.54) is 153 Å². The van der Waals surface area contributed by atoms with Crippen molar-refractivity contribution in [2.24, 2.45) is 70.7 Å². The van der Waals surface area contributed by atoms with Crippen molar-refractivity contribution in [2.45, 2.75) is 242 Å². The van der Waals surface area contributed by atoms with E-state index in [-0.39, 0.29) is 5.41 Å². The largest absolute Gasteiger partial charge is 0.212 e. The van der Waals surface area contributed by atoms with Crippen molar-refractivity contribution >= 4 is 0 Å². The Bertz CT molecular complexity index is 4420. The van der Waals surface area contributed by atoms with Crippen LogP contribution in [0.15, 0.2) is 183 Å². The molecule has 0 saturated carbocycles. The number of rotatable bonds is 21. The van der Waals surface area contributed by atoms with Crippen LogP contribution < -0.4 is 22.8 Å². The van der Waals surface area contributed by atoms with Crippen molar-refractivity contribution in [3.8, 4) is 56.3 Å². The normalized spacial score (nSPS) is 11.5. The molecular weight excluding hydrogens is 1300 g/mol. The third kappa shape index (κ3) is 26.6. The van der Waals surface area contributed by atoms with Gasteiger partial charge < -0.3 is 0 Å². The van der Waals surface area contributed by atoms with Gasteiger partial charge in [0, 0.05) is 88.5 Å². The highest BCUT2D eigenvalue weighted by atomic mass is 14.9. The van der Waals surface area contributed by atoms with Crippen molar-refractivity contribution < 1.29 is 22.8 Å². The zero-order valence-electron chi connectivity index (χ0n) is 72.8. The van der Waals surface area contributed by atoms with Crippen LogP contribution in [0.25, 0.3) is 56.3 Å². The molecule has 0 radical (unpaired) electrons. The van der Waals surface area contributed by atoms with E-state index in [9.17, 15) is 0 Å². The van der Waals surface area contributed by atoms with Gasteiger partial charge in [0.25, 0.3) is 0 Å². The molecule has 0 aliphatic heterocycles. The second-order valence-electron chi connectivity index (χ2n) is 35.3. The summed E-state index contributed by atoms with van der Waals surface area (Å²) in [7, 11) is 10.7. The number of nitrogens with zero attached hydrogens (tertiary/aromatic N) is 5. The number of pyridine rings is 5. The average Bonchev–Trinajstić information content (AvgIpc) is 0.818. The Balaban J connectivity index is 0.000000210. The number of hydrogen-bond donors (Lipinski definition) is 0. The number of benzene rings is 5. The third-order valence-electron chi connectivity index (χ3n) is 20.7. The Morgan fingerprint density at radius 1 is 0.271 bits per heavy atom. The molecule has 0 bridgehead atoms. The molecule has 0 fully saturated rings. The topological polar surface area (TPSA) is 19.4 Å². The molecule has 0 atom stereocenters. The molecule has 107 heavy (non-hydrogen) atoms. The number of aromatic nitrogens is 5. The molecule has 0 aliphatic rings. The molecule has 10 aromatic rings. The molecule has 5 aromatic heterocycles. The lowest BCUT2D eigenvalue weighted by Gasteiger charge is -2.20. The fraction of sp³-hybridized carbons (Fsp3) is 0.461. The summed E-state index contributed by atoms with van der Waals surface area (Å²) in [5, 5.41) is 0. The summed E-state index contributed by atoms with van der Waals surface area (Å²) < 4.78 is 11.2. The standard InChI is InChI=1S/C22H32N.2C21H30N.C20H28N.C18H24N/c1-7-19(8-2)20-10-9-17(5)21(15-20)22-14-18(13-16(3)4)11-12-23(22)6;1-15(2)12-17-10-11-22(7)20(13-17)19-14-18(21(4,5)6)9-8-16(19)3;1-15(2)11-18-8-7-17(5)20(13-18)21-14-19(12-16(3)4)9-10-22(21)6;1-14(2)11-17-9-10-21(6)20(12-17)19-13-18(15(3)4)8-7-16(19)5;1-13(2)10-16-8-9-19(5)18(12-16)17-7-6-14(3)11-15(17)4/h9-12,14-16,19H,7-8,13H2,1-6H3;8-11,13-15H,12H2,1-7H3;7-10,13-16H,11-12H2,1-6H3;7-10,12-15H,11H2,1-6H3;6-9,11-13H,10H2,1-5H3/q5*+1. The van der Waals surface area contributed by atoms with Gasteiger partial charge in [-0.15, -0.1) is 0 Å². The Kier molecular flexibility index (Phi) is 33.5. The average molecular weight is 1440 g/mol. The van der Waals surface area contributed by atoms with E-state index >= 15 is 0 Å². The van der Waals surface area contributed by atoms with Crippen molar-refractivity contribution in [2.75, 3.05) is 0 Å². The van der Waals surface area contributed by atoms with Gasteiger partial charge in [0.05, 0.1) is 0 Å². The molecule has 5 aromatic carbocycles. The fourth-order valence-corrected chi connectivity index (χ4v) is 14.6.